The summed E-state index contributed by atoms with van der Waals surface area (Å²) in [5.41, 5.74) is 3.60. The largest absolute Gasteiger partial charge is 0.481 e. The van der Waals surface area contributed by atoms with Crippen LogP contribution in [0.2, 0.25) is 0 Å². The van der Waals surface area contributed by atoms with Gasteiger partial charge in [-0.3, -0.25) is 4.79 Å². The Hall–Kier alpha value is -1.51. The zero-order valence-corrected chi connectivity index (χ0v) is 10.9. The van der Waals surface area contributed by atoms with Crippen molar-refractivity contribution in [1.82, 2.24) is 0 Å². The molecule has 0 radical (unpaired) electrons. The number of hydrogen-bond acceptors (Lipinski definition) is 2. The lowest BCUT2D eigenvalue weighted by molar-refractivity contribution is -0.136. The van der Waals surface area contributed by atoms with Crippen LogP contribution in [0.3, 0.4) is 0 Å². The lowest BCUT2D eigenvalue weighted by Crippen LogP contribution is -2.27. The molecule has 3 heteroatoms. The van der Waals surface area contributed by atoms with Crippen LogP contribution in [-0.2, 0) is 4.79 Å². The molecule has 1 rings (SSSR count). The van der Waals surface area contributed by atoms with Crippen LogP contribution < -0.4 is 4.90 Å². The van der Waals surface area contributed by atoms with E-state index in [4.69, 9.17) is 5.11 Å². The molecule has 17 heavy (non-hydrogen) atoms. The van der Waals surface area contributed by atoms with E-state index in [1.807, 2.05) is 0 Å². The molecule has 1 aromatic rings. The molecule has 0 saturated heterocycles. The van der Waals surface area contributed by atoms with Crippen molar-refractivity contribution in [1.29, 1.82) is 0 Å². The van der Waals surface area contributed by atoms with E-state index in [0.29, 0.717) is 6.54 Å². The standard InChI is InChI=1S/C14H21NO2/c1-4-8-15(9-7-14(16)17)13-6-5-11(2)10-12(13)3/h5-6,10H,4,7-9H2,1-3H3,(H,16,17). The zero-order valence-electron chi connectivity index (χ0n) is 10.9. The number of carboxylic acid groups (broad SMARTS) is 1. The quantitative estimate of drug-likeness (QED) is 0.824. The van der Waals surface area contributed by atoms with Gasteiger partial charge in [0.2, 0.25) is 0 Å². The first kappa shape index (κ1) is 13.6. The van der Waals surface area contributed by atoms with Crippen LogP contribution in [0.5, 0.6) is 0 Å². The molecule has 0 aliphatic rings. The van der Waals surface area contributed by atoms with Gasteiger partial charge >= 0.3 is 5.97 Å². The van der Waals surface area contributed by atoms with Crippen molar-refractivity contribution in [3.8, 4) is 0 Å². The van der Waals surface area contributed by atoms with E-state index in [1.54, 1.807) is 0 Å². The Bertz CT molecular complexity index is 388. The summed E-state index contributed by atoms with van der Waals surface area (Å²) in [6.07, 6.45) is 1.21. The Morgan fingerprint density at radius 2 is 2.00 bits per heavy atom. The van der Waals surface area contributed by atoms with E-state index < -0.39 is 5.97 Å². The normalized spacial score (nSPS) is 10.3. The first-order valence-corrected chi connectivity index (χ1v) is 6.08. The van der Waals surface area contributed by atoms with Gasteiger partial charge in [0.15, 0.2) is 0 Å². The highest BCUT2D eigenvalue weighted by Crippen LogP contribution is 2.21. The van der Waals surface area contributed by atoms with Crippen LogP contribution in [0, 0.1) is 13.8 Å². The highest BCUT2D eigenvalue weighted by molar-refractivity contribution is 5.68. The summed E-state index contributed by atoms with van der Waals surface area (Å²) in [6, 6.07) is 6.30. The molecule has 0 saturated carbocycles. The van der Waals surface area contributed by atoms with E-state index in [-0.39, 0.29) is 6.42 Å². The zero-order chi connectivity index (χ0) is 12.8. The third-order valence-electron chi connectivity index (χ3n) is 2.78. The number of aryl methyl sites for hydroxylation is 2. The van der Waals surface area contributed by atoms with Gasteiger partial charge in [-0.1, -0.05) is 24.6 Å². The van der Waals surface area contributed by atoms with Crippen molar-refractivity contribution in [3.05, 3.63) is 29.3 Å². The van der Waals surface area contributed by atoms with Crippen molar-refractivity contribution in [2.75, 3.05) is 18.0 Å². The molecule has 94 valence electrons. The molecule has 0 spiro atoms. The summed E-state index contributed by atoms with van der Waals surface area (Å²) < 4.78 is 0. The lowest BCUT2D eigenvalue weighted by atomic mass is 10.1. The smallest absolute Gasteiger partial charge is 0.305 e. The van der Waals surface area contributed by atoms with Gasteiger partial charge in [-0.25, -0.2) is 0 Å². The molecular formula is C14H21NO2. The molecule has 0 unspecified atom stereocenters. The number of anilines is 1. The third-order valence-corrected chi connectivity index (χ3v) is 2.78. The molecule has 0 bridgehead atoms. The maximum Gasteiger partial charge on any atom is 0.305 e. The number of carboxylic acids is 1. The first-order chi connectivity index (χ1) is 8.04. The lowest BCUT2D eigenvalue weighted by Gasteiger charge is -2.25. The monoisotopic (exact) mass is 235 g/mol. The fourth-order valence-corrected chi connectivity index (χ4v) is 2.01. The second-order valence-electron chi connectivity index (χ2n) is 4.42. The van der Waals surface area contributed by atoms with Crippen molar-refractivity contribution >= 4 is 11.7 Å². The van der Waals surface area contributed by atoms with Crippen molar-refractivity contribution in [3.63, 3.8) is 0 Å². The van der Waals surface area contributed by atoms with Gasteiger partial charge < -0.3 is 10.0 Å². The first-order valence-electron chi connectivity index (χ1n) is 6.08. The summed E-state index contributed by atoms with van der Waals surface area (Å²) in [5, 5.41) is 8.76. The summed E-state index contributed by atoms with van der Waals surface area (Å²) in [4.78, 5) is 12.8. The Kier molecular flexibility index (Phi) is 5.01. The fourth-order valence-electron chi connectivity index (χ4n) is 2.01. The maximum absolute atomic E-state index is 10.7. The number of hydrogen-bond donors (Lipinski definition) is 1. The van der Waals surface area contributed by atoms with Crippen LogP contribution in [0.4, 0.5) is 5.69 Å². The van der Waals surface area contributed by atoms with Gasteiger partial charge in [-0.05, 0) is 31.9 Å². The Morgan fingerprint density at radius 1 is 1.29 bits per heavy atom. The van der Waals surface area contributed by atoms with E-state index >= 15 is 0 Å². The fraction of sp³-hybridized carbons (Fsp3) is 0.500. The summed E-state index contributed by atoms with van der Waals surface area (Å²) in [7, 11) is 0. The van der Waals surface area contributed by atoms with Crippen LogP contribution >= 0.6 is 0 Å². The van der Waals surface area contributed by atoms with Gasteiger partial charge in [-0.2, -0.15) is 0 Å². The summed E-state index contributed by atoms with van der Waals surface area (Å²) >= 11 is 0. The average Bonchev–Trinajstić information content (AvgIpc) is 2.24. The molecule has 0 aliphatic carbocycles. The molecule has 1 N–H and O–H groups in total. The van der Waals surface area contributed by atoms with Gasteiger partial charge in [0.1, 0.15) is 0 Å². The van der Waals surface area contributed by atoms with Gasteiger partial charge in [-0.15, -0.1) is 0 Å². The van der Waals surface area contributed by atoms with Crippen LogP contribution in [0.15, 0.2) is 18.2 Å². The number of carbonyl (C=O) groups is 1. The van der Waals surface area contributed by atoms with Gasteiger partial charge in [0, 0.05) is 18.8 Å². The molecule has 0 aromatic heterocycles. The minimum absolute atomic E-state index is 0.188. The molecule has 0 aliphatic heterocycles. The topological polar surface area (TPSA) is 40.5 Å². The van der Waals surface area contributed by atoms with E-state index in [2.05, 4.69) is 43.9 Å². The molecule has 1 aromatic carbocycles. The van der Waals surface area contributed by atoms with Crippen molar-refractivity contribution in [2.24, 2.45) is 0 Å². The predicted octanol–water partition coefficient (Wildman–Crippen LogP) is 2.99. The van der Waals surface area contributed by atoms with Crippen LogP contribution in [0.25, 0.3) is 0 Å². The highest BCUT2D eigenvalue weighted by atomic mass is 16.4. The number of nitrogens with zero attached hydrogens (tertiary/aromatic N) is 1. The number of rotatable bonds is 6. The van der Waals surface area contributed by atoms with Gasteiger partial charge in [0.05, 0.1) is 6.42 Å². The summed E-state index contributed by atoms with van der Waals surface area (Å²) in [5.74, 6) is -0.740. The van der Waals surface area contributed by atoms with E-state index in [1.165, 1.54) is 11.1 Å². The Balaban J connectivity index is 2.84. The van der Waals surface area contributed by atoms with Crippen LogP contribution in [0.1, 0.15) is 30.9 Å². The second-order valence-corrected chi connectivity index (χ2v) is 4.42. The molecule has 0 atom stereocenters. The van der Waals surface area contributed by atoms with Crippen molar-refractivity contribution in [2.45, 2.75) is 33.6 Å². The number of benzene rings is 1. The average molecular weight is 235 g/mol. The third kappa shape index (κ3) is 4.10. The van der Waals surface area contributed by atoms with Gasteiger partial charge in [0.25, 0.3) is 0 Å². The molecule has 0 amide bonds. The minimum Gasteiger partial charge on any atom is -0.481 e. The highest BCUT2D eigenvalue weighted by Gasteiger charge is 2.10. The SMILES string of the molecule is CCCN(CCC(=O)O)c1ccc(C)cc1C. The van der Waals surface area contributed by atoms with Crippen molar-refractivity contribution < 1.29 is 9.90 Å². The van der Waals surface area contributed by atoms with E-state index in [0.717, 1.165) is 18.7 Å². The van der Waals surface area contributed by atoms with E-state index in [9.17, 15) is 4.79 Å². The maximum atomic E-state index is 10.7. The summed E-state index contributed by atoms with van der Waals surface area (Å²) in [6.45, 7) is 7.73. The molecule has 0 fully saturated rings. The Morgan fingerprint density at radius 3 is 2.53 bits per heavy atom. The Labute approximate surface area is 103 Å². The minimum atomic E-state index is -0.740. The van der Waals surface area contributed by atoms with Crippen LogP contribution in [-0.4, -0.2) is 24.2 Å². The second kappa shape index (κ2) is 6.28. The molecule has 3 nitrogen and oxygen atoms in total. The number of aliphatic carboxylic acids is 1. The molecular weight excluding hydrogens is 214 g/mol. The molecule has 0 heterocycles. The predicted molar refractivity (Wildman–Crippen MR) is 70.7 cm³/mol.